The minimum absolute atomic E-state index is 0. The SMILES string of the molecule is [C-]#[N+]c1ccoc1C(=N)[O-].[C-]#[N+]c1ccoc1C(=N)[O-].[Cu+2]. The third-order valence-electron chi connectivity index (χ3n) is 1.94. The van der Waals surface area contributed by atoms with Gasteiger partial charge in [-0.05, 0) is 12.1 Å². The third kappa shape index (κ3) is 4.55. The molecule has 0 aliphatic heterocycles. The van der Waals surface area contributed by atoms with E-state index in [0.29, 0.717) is 0 Å². The molecule has 0 amide bonds. The number of hydrogen-bond acceptors (Lipinski definition) is 6. The zero-order valence-corrected chi connectivity index (χ0v) is 11.1. The molecule has 0 unspecified atom stereocenters. The van der Waals surface area contributed by atoms with Gasteiger partial charge in [0.15, 0.2) is 0 Å². The zero-order chi connectivity index (χ0) is 15.1. The molecule has 0 aromatic carbocycles. The van der Waals surface area contributed by atoms with Crippen LogP contribution in [-0.4, -0.2) is 11.8 Å². The molecular weight excluding hydrogens is 328 g/mol. The van der Waals surface area contributed by atoms with Crippen molar-refractivity contribution in [2.24, 2.45) is 0 Å². The Morgan fingerprint density at radius 3 is 1.43 bits per heavy atom. The van der Waals surface area contributed by atoms with E-state index in [-0.39, 0.29) is 40.0 Å². The Morgan fingerprint density at radius 2 is 1.24 bits per heavy atom. The molecule has 8 nitrogen and oxygen atoms in total. The molecule has 2 heterocycles. The van der Waals surface area contributed by atoms with Crippen molar-refractivity contribution in [2.45, 2.75) is 0 Å². The summed E-state index contributed by atoms with van der Waals surface area (Å²) in [6.07, 6.45) is 2.43. The second-order valence-corrected chi connectivity index (χ2v) is 3.15. The van der Waals surface area contributed by atoms with Gasteiger partial charge in [0.05, 0.1) is 25.7 Å². The van der Waals surface area contributed by atoms with Crippen LogP contribution in [0, 0.1) is 24.0 Å². The largest absolute Gasteiger partial charge is 2.00 e. The molecule has 0 saturated carbocycles. The Balaban J connectivity index is 0.000000364. The van der Waals surface area contributed by atoms with Crippen molar-refractivity contribution in [3.8, 4) is 0 Å². The van der Waals surface area contributed by atoms with Crippen LogP contribution in [0.1, 0.15) is 11.5 Å². The van der Waals surface area contributed by atoms with E-state index in [2.05, 4.69) is 18.5 Å². The molecule has 0 saturated heterocycles. The van der Waals surface area contributed by atoms with Crippen LogP contribution in [0.5, 0.6) is 0 Å². The third-order valence-corrected chi connectivity index (χ3v) is 1.94. The predicted molar refractivity (Wildman–Crippen MR) is 63.6 cm³/mol. The van der Waals surface area contributed by atoms with Gasteiger partial charge in [0.1, 0.15) is 11.5 Å². The van der Waals surface area contributed by atoms with Crippen molar-refractivity contribution in [3.05, 3.63) is 59.0 Å². The summed E-state index contributed by atoms with van der Waals surface area (Å²) in [5.74, 6) is -2.29. The van der Waals surface area contributed by atoms with Gasteiger partial charge in [-0.25, -0.2) is 9.69 Å². The topological polar surface area (TPSA) is 129 Å². The van der Waals surface area contributed by atoms with Crippen LogP contribution in [0.25, 0.3) is 9.69 Å². The molecule has 2 N–H and O–H groups in total. The molecule has 0 atom stereocenters. The van der Waals surface area contributed by atoms with Crippen LogP contribution in [0.2, 0.25) is 0 Å². The first-order valence-corrected chi connectivity index (χ1v) is 4.93. The fourth-order valence-corrected chi connectivity index (χ4v) is 1.12. The smallest absolute Gasteiger partial charge is 0.857 e. The summed E-state index contributed by atoms with van der Waals surface area (Å²) in [6.45, 7) is 13.0. The van der Waals surface area contributed by atoms with Crippen molar-refractivity contribution in [2.75, 3.05) is 0 Å². The Kier molecular flexibility index (Phi) is 7.05. The van der Waals surface area contributed by atoms with Crippen molar-refractivity contribution in [1.29, 1.82) is 10.8 Å². The Hall–Kier alpha value is -3.00. The standard InChI is InChI=1S/2C6H4N2O2.Cu/c2*1-8-4-2-3-10-5(4)6(7)9;/h2*2-3H,(H2,7,9);/q;;+2/p-2. The van der Waals surface area contributed by atoms with Gasteiger partial charge in [-0.3, -0.25) is 0 Å². The summed E-state index contributed by atoms with van der Waals surface area (Å²) in [4.78, 5) is 5.93. The van der Waals surface area contributed by atoms with Gasteiger partial charge in [0, 0.05) is 11.8 Å². The molecule has 2 aromatic heterocycles. The van der Waals surface area contributed by atoms with Gasteiger partial charge in [-0.15, -0.1) is 0 Å². The number of nitrogens with zero attached hydrogens (tertiary/aromatic N) is 2. The fraction of sp³-hybridized carbons (Fsp3) is 0. The first-order chi connectivity index (χ1) is 9.51. The summed E-state index contributed by atoms with van der Waals surface area (Å²) in [7, 11) is 0. The Bertz CT molecular complexity index is 658. The second kappa shape index (κ2) is 8.23. The minimum atomic E-state index is -0.962. The monoisotopic (exact) mass is 333 g/mol. The Labute approximate surface area is 129 Å². The van der Waals surface area contributed by atoms with Crippen LogP contribution in [0.15, 0.2) is 33.5 Å². The molecule has 2 rings (SSSR count). The first kappa shape index (κ1) is 18.0. The number of rotatable bonds is 2. The molecule has 9 heteroatoms. The molecule has 2 aromatic rings. The van der Waals surface area contributed by atoms with Crippen molar-refractivity contribution in [3.63, 3.8) is 0 Å². The van der Waals surface area contributed by atoms with E-state index in [0.717, 1.165) is 0 Å². The summed E-state index contributed by atoms with van der Waals surface area (Å²) in [5, 5.41) is 33.8. The van der Waals surface area contributed by atoms with Gasteiger partial charge in [0.2, 0.25) is 11.4 Å². The zero-order valence-electron chi connectivity index (χ0n) is 10.1. The van der Waals surface area contributed by atoms with Crippen LogP contribution in [0.3, 0.4) is 0 Å². The van der Waals surface area contributed by atoms with E-state index in [9.17, 15) is 10.2 Å². The van der Waals surface area contributed by atoms with Gasteiger partial charge >= 0.3 is 17.1 Å². The minimum Gasteiger partial charge on any atom is -0.857 e. The van der Waals surface area contributed by atoms with Crippen LogP contribution in [0.4, 0.5) is 11.4 Å². The molecular formula is C12H6CuN4O4. The summed E-state index contributed by atoms with van der Waals surface area (Å²) < 4.78 is 9.13. The van der Waals surface area contributed by atoms with Crippen molar-refractivity contribution < 1.29 is 36.1 Å². The van der Waals surface area contributed by atoms with Gasteiger partial charge in [-0.1, -0.05) is 0 Å². The van der Waals surface area contributed by atoms with Crippen LogP contribution >= 0.6 is 0 Å². The number of furan rings is 2. The van der Waals surface area contributed by atoms with E-state index in [1.165, 1.54) is 24.7 Å². The second-order valence-electron chi connectivity index (χ2n) is 3.15. The maximum Gasteiger partial charge on any atom is 2.00 e. The van der Waals surface area contributed by atoms with E-state index in [1.54, 1.807) is 0 Å². The molecule has 109 valence electrons. The summed E-state index contributed by atoms with van der Waals surface area (Å²) in [6, 6.07) is 2.71. The predicted octanol–water partition coefficient (Wildman–Crippen LogP) is 1.03. The fourth-order valence-electron chi connectivity index (χ4n) is 1.12. The number of hydrogen-bond donors (Lipinski definition) is 2. The average molecular weight is 334 g/mol. The summed E-state index contributed by atoms with van der Waals surface area (Å²) >= 11 is 0. The van der Waals surface area contributed by atoms with Gasteiger partial charge in [0.25, 0.3) is 0 Å². The summed E-state index contributed by atoms with van der Waals surface area (Å²) in [5.41, 5.74) is 0.194. The maximum absolute atomic E-state index is 10.3. The molecule has 21 heavy (non-hydrogen) atoms. The van der Waals surface area contributed by atoms with E-state index in [1.807, 2.05) is 0 Å². The normalized spacial score (nSPS) is 8.29. The van der Waals surface area contributed by atoms with Crippen molar-refractivity contribution in [1.82, 2.24) is 0 Å². The molecule has 0 spiro atoms. The van der Waals surface area contributed by atoms with Gasteiger partial charge in [-0.2, -0.15) is 0 Å². The molecule has 0 bridgehead atoms. The average Bonchev–Trinajstić information content (AvgIpc) is 3.07. The van der Waals surface area contributed by atoms with Crippen LogP contribution < -0.4 is 10.2 Å². The maximum atomic E-state index is 10.3. The molecule has 0 aliphatic carbocycles. The Morgan fingerprint density at radius 1 is 0.905 bits per heavy atom. The quantitative estimate of drug-likeness (QED) is 0.368. The number of nitrogens with one attached hydrogen (secondary N) is 2. The van der Waals surface area contributed by atoms with E-state index >= 15 is 0 Å². The van der Waals surface area contributed by atoms with Gasteiger partial charge < -0.3 is 29.9 Å². The van der Waals surface area contributed by atoms with E-state index in [4.69, 9.17) is 24.0 Å². The molecule has 0 fully saturated rings. The molecule has 1 radical (unpaired) electrons. The molecule has 0 aliphatic rings. The van der Waals surface area contributed by atoms with Crippen molar-refractivity contribution >= 4 is 23.2 Å². The van der Waals surface area contributed by atoms with Crippen LogP contribution in [-0.2, 0) is 17.1 Å². The van der Waals surface area contributed by atoms with E-state index < -0.39 is 11.8 Å². The first-order valence-electron chi connectivity index (χ1n) is 4.93.